The van der Waals surface area contributed by atoms with Gasteiger partial charge in [-0.1, -0.05) is 63.7 Å². The Balaban J connectivity index is 1.40. The van der Waals surface area contributed by atoms with Gasteiger partial charge < -0.3 is 23.4 Å². The maximum absolute atomic E-state index is 6.73. The topological polar surface area (TPSA) is 74.5 Å². The van der Waals surface area contributed by atoms with Crippen LogP contribution in [0.25, 0.3) is 22.3 Å². The molecule has 6 rings (SSSR count). The van der Waals surface area contributed by atoms with E-state index < -0.39 is 8.32 Å². The molecule has 3 aromatic rings. The Labute approximate surface area is 279 Å². The van der Waals surface area contributed by atoms with Gasteiger partial charge in [0.1, 0.15) is 17.5 Å². The van der Waals surface area contributed by atoms with E-state index in [1.807, 2.05) is 12.1 Å². The molecule has 11 heteroatoms. The van der Waals surface area contributed by atoms with Gasteiger partial charge in [-0.05, 0) is 68.1 Å². The highest BCUT2D eigenvalue weighted by atomic mass is 35.5. The molecule has 1 saturated heterocycles. The fourth-order valence-electron chi connectivity index (χ4n) is 7.00. The van der Waals surface area contributed by atoms with Crippen molar-refractivity contribution >= 4 is 48.5 Å². The van der Waals surface area contributed by atoms with Gasteiger partial charge in [-0.3, -0.25) is 0 Å². The Bertz CT molecular complexity index is 1500. The first-order valence-electron chi connectivity index (χ1n) is 16.8. The molecule has 3 aromatic heterocycles. The third kappa shape index (κ3) is 7.03. The van der Waals surface area contributed by atoms with Crippen LogP contribution < -0.4 is 9.64 Å². The van der Waals surface area contributed by atoms with Crippen molar-refractivity contribution in [3.05, 3.63) is 28.5 Å². The zero-order valence-electron chi connectivity index (χ0n) is 27.7. The van der Waals surface area contributed by atoms with E-state index >= 15 is 0 Å². The van der Waals surface area contributed by atoms with Crippen molar-refractivity contribution in [3.63, 3.8) is 0 Å². The monoisotopic (exact) mass is 673 g/mol. The summed E-state index contributed by atoms with van der Waals surface area (Å²) in [5, 5.41) is 1.02. The lowest BCUT2D eigenvalue weighted by molar-refractivity contribution is 0.0247. The summed E-state index contributed by atoms with van der Waals surface area (Å²) in [4.78, 5) is 17.3. The van der Waals surface area contributed by atoms with Gasteiger partial charge in [0, 0.05) is 25.4 Å². The normalized spacial score (nSPS) is 24.3. The number of nitrogens with zero attached hydrogens (tertiary/aromatic N) is 5. The SMILES string of the molecule is CC1CCC(Cn2c(N3CCO[C@H]4CCC[C@@H]43)nc3cc(Cl)nc(-c4cc(Cl)cnc4OCCO[Si](C)(C)C(C)(C)C)c32)CC1. The van der Waals surface area contributed by atoms with Crippen LogP contribution in [0.3, 0.4) is 0 Å². The van der Waals surface area contributed by atoms with Crippen LogP contribution in [0.15, 0.2) is 18.3 Å². The van der Waals surface area contributed by atoms with E-state index in [9.17, 15) is 0 Å². The largest absolute Gasteiger partial charge is 0.475 e. The number of morpholine rings is 1. The number of halogens is 2. The Kier molecular flexibility index (Phi) is 9.76. The fraction of sp³-hybridized carbons (Fsp3) is 0.676. The Morgan fingerprint density at radius 2 is 1.80 bits per heavy atom. The highest BCUT2D eigenvalue weighted by molar-refractivity contribution is 6.74. The van der Waals surface area contributed by atoms with Crippen LogP contribution >= 0.6 is 23.2 Å². The van der Waals surface area contributed by atoms with Crippen LogP contribution in [0.2, 0.25) is 28.3 Å². The predicted molar refractivity (Wildman–Crippen MR) is 185 cm³/mol. The molecule has 3 aliphatic rings. The molecule has 1 aliphatic heterocycles. The van der Waals surface area contributed by atoms with Crippen molar-refractivity contribution in [1.29, 1.82) is 0 Å². The number of fused-ring (bicyclic) bond motifs is 2. The molecule has 8 nitrogen and oxygen atoms in total. The number of ether oxygens (including phenoxy) is 2. The zero-order valence-corrected chi connectivity index (χ0v) is 30.3. The molecule has 0 bridgehead atoms. The van der Waals surface area contributed by atoms with E-state index in [4.69, 9.17) is 47.1 Å². The standard InChI is InChI=1S/C34H49Cl2N5O3Si/c1-22-10-12-23(13-11-22)21-41-31-26(38-33(41)40-14-15-42-28-9-7-8-27(28)40)19-29(36)39-30(31)25-18-24(35)20-37-32(25)43-16-17-44-45(5,6)34(2,3)4/h18-20,22-23,27-28H,7-17,21H2,1-6H3/t22?,23?,27-,28-/m0/s1. The second-order valence-electron chi connectivity index (χ2n) is 14.9. The summed E-state index contributed by atoms with van der Waals surface area (Å²) in [7, 11) is -1.91. The molecule has 2 aliphatic carbocycles. The van der Waals surface area contributed by atoms with E-state index in [2.05, 4.69) is 55.2 Å². The van der Waals surface area contributed by atoms with Crippen LogP contribution in [0.1, 0.15) is 72.6 Å². The molecule has 246 valence electrons. The van der Waals surface area contributed by atoms with Gasteiger partial charge in [-0.15, -0.1) is 0 Å². The molecule has 0 unspecified atom stereocenters. The smallest absolute Gasteiger partial charge is 0.223 e. The molecular weight excluding hydrogens is 625 g/mol. The number of aromatic nitrogens is 4. The summed E-state index contributed by atoms with van der Waals surface area (Å²) >= 11 is 13.3. The Morgan fingerprint density at radius 3 is 2.56 bits per heavy atom. The molecular formula is C34H49Cl2N5O3Si. The minimum absolute atomic E-state index is 0.123. The quantitative estimate of drug-likeness (QED) is 0.128. The second kappa shape index (κ2) is 13.3. The van der Waals surface area contributed by atoms with Crippen LogP contribution in [-0.2, 0) is 15.7 Å². The Hall–Kier alpha value is -1.91. The summed E-state index contributed by atoms with van der Waals surface area (Å²) < 4.78 is 21.3. The van der Waals surface area contributed by atoms with E-state index in [1.54, 1.807) is 6.20 Å². The number of anilines is 1. The molecule has 0 aromatic carbocycles. The molecule has 2 atom stereocenters. The van der Waals surface area contributed by atoms with Crippen molar-refractivity contribution in [2.45, 2.75) is 109 Å². The number of rotatable bonds is 9. The lowest BCUT2D eigenvalue weighted by Crippen LogP contribution is -2.49. The summed E-state index contributed by atoms with van der Waals surface area (Å²) in [5.41, 5.74) is 3.21. The van der Waals surface area contributed by atoms with Crippen molar-refractivity contribution in [3.8, 4) is 17.1 Å². The first kappa shape index (κ1) is 33.0. The molecule has 0 N–H and O–H groups in total. The van der Waals surface area contributed by atoms with Crippen LogP contribution in [-0.4, -0.2) is 66.3 Å². The van der Waals surface area contributed by atoms with Gasteiger partial charge in [0.05, 0.1) is 47.0 Å². The Morgan fingerprint density at radius 1 is 1.02 bits per heavy atom. The van der Waals surface area contributed by atoms with E-state index in [0.717, 1.165) is 48.8 Å². The third-order valence-corrected chi connectivity index (χ3v) is 15.6. The van der Waals surface area contributed by atoms with Crippen molar-refractivity contribution in [1.82, 2.24) is 19.5 Å². The molecule has 0 amide bonds. The van der Waals surface area contributed by atoms with Crippen LogP contribution in [0, 0.1) is 11.8 Å². The van der Waals surface area contributed by atoms with Gasteiger partial charge in [-0.25, -0.2) is 15.0 Å². The zero-order chi connectivity index (χ0) is 31.9. The summed E-state index contributed by atoms with van der Waals surface area (Å²) in [5.74, 6) is 2.82. The summed E-state index contributed by atoms with van der Waals surface area (Å²) in [6, 6.07) is 4.11. The van der Waals surface area contributed by atoms with Gasteiger partial charge in [0.15, 0.2) is 8.32 Å². The molecule has 45 heavy (non-hydrogen) atoms. The maximum atomic E-state index is 6.73. The van der Waals surface area contributed by atoms with E-state index in [-0.39, 0.29) is 11.1 Å². The fourth-order valence-corrected chi connectivity index (χ4v) is 8.37. The van der Waals surface area contributed by atoms with Crippen LogP contribution in [0.4, 0.5) is 5.95 Å². The number of hydrogen-bond acceptors (Lipinski definition) is 7. The first-order chi connectivity index (χ1) is 21.4. The van der Waals surface area contributed by atoms with E-state index in [0.29, 0.717) is 59.1 Å². The van der Waals surface area contributed by atoms with Crippen LogP contribution in [0.5, 0.6) is 5.88 Å². The summed E-state index contributed by atoms with van der Waals surface area (Å²) in [6.45, 7) is 16.9. The molecule has 2 saturated carbocycles. The van der Waals surface area contributed by atoms with E-state index in [1.165, 1.54) is 32.1 Å². The van der Waals surface area contributed by atoms with Gasteiger partial charge in [0.2, 0.25) is 11.8 Å². The lowest BCUT2D eigenvalue weighted by atomic mass is 9.83. The highest BCUT2D eigenvalue weighted by Gasteiger charge is 2.39. The number of pyridine rings is 2. The first-order valence-corrected chi connectivity index (χ1v) is 20.5. The number of hydrogen-bond donors (Lipinski definition) is 0. The maximum Gasteiger partial charge on any atom is 0.223 e. The second-order valence-corrected chi connectivity index (χ2v) is 20.5. The molecule has 4 heterocycles. The minimum Gasteiger partial charge on any atom is -0.475 e. The predicted octanol–water partition coefficient (Wildman–Crippen LogP) is 8.78. The average Bonchev–Trinajstić information content (AvgIpc) is 3.61. The van der Waals surface area contributed by atoms with Gasteiger partial charge in [0.25, 0.3) is 0 Å². The minimum atomic E-state index is -1.91. The third-order valence-electron chi connectivity index (χ3n) is 10.7. The van der Waals surface area contributed by atoms with Crippen molar-refractivity contribution in [2.75, 3.05) is 31.3 Å². The summed E-state index contributed by atoms with van der Waals surface area (Å²) in [6.07, 6.45) is 10.2. The number of imidazole rings is 1. The molecule has 0 radical (unpaired) electrons. The highest BCUT2D eigenvalue weighted by Crippen LogP contribution is 2.42. The lowest BCUT2D eigenvalue weighted by Gasteiger charge is -2.39. The van der Waals surface area contributed by atoms with Gasteiger partial charge in [-0.2, -0.15) is 0 Å². The average molecular weight is 675 g/mol. The molecule has 0 spiro atoms. The molecule has 3 fully saturated rings. The van der Waals surface area contributed by atoms with Gasteiger partial charge >= 0.3 is 0 Å². The van der Waals surface area contributed by atoms with Crippen molar-refractivity contribution in [2.24, 2.45) is 11.8 Å². The van der Waals surface area contributed by atoms with Crippen molar-refractivity contribution < 1.29 is 13.9 Å².